The summed E-state index contributed by atoms with van der Waals surface area (Å²) in [5.41, 5.74) is 0.620. The first kappa shape index (κ1) is 18.6. The van der Waals surface area contributed by atoms with Gasteiger partial charge in [-0.3, -0.25) is 9.10 Å². The van der Waals surface area contributed by atoms with E-state index in [-0.39, 0.29) is 17.5 Å². The number of carbonyl (C=O) groups excluding carboxylic acids is 1. The maximum Gasteiger partial charge on any atom is 0.245 e. The summed E-state index contributed by atoms with van der Waals surface area (Å²) in [4.78, 5) is 12.4. The lowest BCUT2D eigenvalue weighted by Crippen LogP contribution is -2.37. The number of hydrogen-bond acceptors (Lipinski definition) is 5. The van der Waals surface area contributed by atoms with E-state index >= 15 is 0 Å². The molecule has 0 unspecified atom stereocenters. The number of hydrogen-bond donors (Lipinski definition) is 1. The van der Waals surface area contributed by atoms with E-state index in [9.17, 15) is 13.2 Å². The van der Waals surface area contributed by atoms with Crippen LogP contribution >= 0.6 is 23.2 Å². The molecule has 10 heteroatoms. The Labute approximate surface area is 160 Å². The number of amides is 1. The average Bonchev–Trinajstić information content (AvgIpc) is 3.00. The Kier molecular flexibility index (Phi) is 5.17. The van der Waals surface area contributed by atoms with Gasteiger partial charge in [0.05, 0.1) is 17.0 Å². The fourth-order valence-corrected chi connectivity index (χ4v) is 3.80. The van der Waals surface area contributed by atoms with Gasteiger partial charge in [0.2, 0.25) is 22.7 Å². The van der Waals surface area contributed by atoms with Crippen LogP contribution in [0.15, 0.2) is 36.4 Å². The summed E-state index contributed by atoms with van der Waals surface area (Å²) in [5, 5.41) is 3.11. The van der Waals surface area contributed by atoms with Gasteiger partial charge in [0, 0.05) is 16.8 Å². The number of ether oxygens (including phenoxy) is 2. The smallest absolute Gasteiger partial charge is 0.245 e. The Bertz CT molecular complexity index is 965. The minimum atomic E-state index is -3.75. The zero-order chi connectivity index (χ0) is 18.9. The molecule has 26 heavy (non-hydrogen) atoms. The van der Waals surface area contributed by atoms with Crippen LogP contribution in [-0.2, 0) is 14.8 Å². The molecular weight excluding hydrogens is 403 g/mol. The van der Waals surface area contributed by atoms with E-state index in [2.05, 4.69) is 5.32 Å². The molecule has 2 aromatic rings. The summed E-state index contributed by atoms with van der Waals surface area (Å²) < 4.78 is 35.6. The van der Waals surface area contributed by atoms with Crippen LogP contribution in [0.25, 0.3) is 0 Å². The highest BCUT2D eigenvalue weighted by atomic mass is 35.5. The van der Waals surface area contributed by atoms with Crippen LogP contribution in [0.1, 0.15) is 0 Å². The average molecular weight is 417 g/mol. The second-order valence-electron chi connectivity index (χ2n) is 5.48. The molecule has 1 N–H and O–H groups in total. The molecule has 138 valence electrons. The highest BCUT2D eigenvalue weighted by Crippen LogP contribution is 2.34. The lowest BCUT2D eigenvalue weighted by molar-refractivity contribution is -0.114. The number of benzene rings is 2. The van der Waals surface area contributed by atoms with Crippen LogP contribution in [-0.4, -0.2) is 33.9 Å². The van der Waals surface area contributed by atoms with Crippen molar-refractivity contribution in [3.63, 3.8) is 0 Å². The number of rotatable bonds is 5. The highest BCUT2D eigenvalue weighted by molar-refractivity contribution is 7.92. The fraction of sp³-hybridized carbons (Fsp3) is 0.188. The van der Waals surface area contributed by atoms with Crippen LogP contribution in [0.4, 0.5) is 11.4 Å². The second kappa shape index (κ2) is 7.22. The molecule has 3 rings (SSSR count). The lowest BCUT2D eigenvalue weighted by atomic mass is 10.2. The third-order valence-electron chi connectivity index (χ3n) is 3.52. The highest BCUT2D eigenvalue weighted by Gasteiger charge is 2.23. The van der Waals surface area contributed by atoms with E-state index < -0.39 is 22.5 Å². The van der Waals surface area contributed by atoms with Crippen LogP contribution in [0.2, 0.25) is 10.0 Å². The monoisotopic (exact) mass is 416 g/mol. The molecule has 0 aliphatic carbocycles. The van der Waals surface area contributed by atoms with E-state index in [4.69, 9.17) is 32.7 Å². The maximum atomic E-state index is 12.4. The molecule has 0 aromatic heterocycles. The van der Waals surface area contributed by atoms with E-state index in [1.165, 1.54) is 18.2 Å². The zero-order valence-corrected chi connectivity index (χ0v) is 15.9. The van der Waals surface area contributed by atoms with Crippen molar-refractivity contribution >= 4 is 50.5 Å². The van der Waals surface area contributed by atoms with Crippen molar-refractivity contribution in [1.29, 1.82) is 0 Å². The van der Waals surface area contributed by atoms with Crippen LogP contribution < -0.4 is 19.1 Å². The zero-order valence-electron chi connectivity index (χ0n) is 13.5. The van der Waals surface area contributed by atoms with Gasteiger partial charge < -0.3 is 14.8 Å². The number of carbonyl (C=O) groups is 1. The molecule has 1 amide bonds. The minimum Gasteiger partial charge on any atom is -0.454 e. The molecule has 1 aliphatic heterocycles. The minimum absolute atomic E-state index is 0.115. The van der Waals surface area contributed by atoms with E-state index in [0.29, 0.717) is 22.2 Å². The Balaban J connectivity index is 1.80. The predicted octanol–water partition coefficient (Wildman–Crippen LogP) is 3.13. The number of fused-ring (bicyclic) bond motifs is 1. The summed E-state index contributed by atoms with van der Waals surface area (Å²) in [7, 11) is -3.75. The van der Waals surface area contributed by atoms with Gasteiger partial charge in [-0.15, -0.1) is 0 Å². The Morgan fingerprint density at radius 1 is 1.15 bits per heavy atom. The van der Waals surface area contributed by atoms with Gasteiger partial charge in [-0.25, -0.2) is 8.42 Å². The molecular formula is C16H14Cl2N2O5S. The topological polar surface area (TPSA) is 84.9 Å². The number of halogens is 2. The fourth-order valence-electron chi connectivity index (χ4n) is 2.37. The molecule has 0 saturated heterocycles. The summed E-state index contributed by atoms with van der Waals surface area (Å²) in [6, 6.07) is 9.23. The van der Waals surface area contributed by atoms with Crippen molar-refractivity contribution in [2.45, 2.75) is 0 Å². The summed E-state index contributed by atoms with van der Waals surface area (Å²) in [6.07, 6.45) is 0.992. The molecule has 0 bridgehead atoms. The maximum absolute atomic E-state index is 12.4. The van der Waals surface area contributed by atoms with Gasteiger partial charge in [-0.2, -0.15) is 0 Å². The molecule has 0 saturated carbocycles. The second-order valence-corrected chi connectivity index (χ2v) is 8.23. The SMILES string of the molecule is CS(=O)(=O)N(CC(=O)Nc1ccc2c(c1)OCO2)c1ccc(Cl)cc1Cl. The molecule has 2 aromatic carbocycles. The van der Waals surface area contributed by atoms with Crippen molar-refractivity contribution in [2.75, 3.05) is 29.2 Å². The Morgan fingerprint density at radius 3 is 2.58 bits per heavy atom. The summed E-state index contributed by atoms with van der Waals surface area (Å²) in [6.45, 7) is -0.335. The van der Waals surface area contributed by atoms with Gasteiger partial charge in [-0.05, 0) is 30.3 Å². The van der Waals surface area contributed by atoms with Crippen LogP contribution in [0.3, 0.4) is 0 Å². The van der Waals surface area contributed by atoms with Crippen molar-refractivity contribution in [3.05, 3.63) is 46.4 Å². The standard InChI is InChI=1S/C16H14Cl2N2O5S/c1-26(22,23)20(13-4-2-10(17)6-12(13)18)8-16(21)19-11-3-5-14-15(7-11)25-9-24-14/h2-7H,8-9H2,1H3,(H,19,21). The largest absolute Gasteiger partial charge is 0.454 e. The molecule has 0 spiro atoms. The number of anilines is 2. The van der Waals surface area contributed by atoms with Gasteiger partial charge in [0.25, 0.3) is 0 Å². The van der Waals surface area contributed by atoms with Gasteiger partial charge in [-0.1, -0.05) is 23.2 Å². The van der Waals surface area contributed by atoms with Gasteiger partial charge in [0.15, 0.2) is 11.5 Å². The first-order valence-electron chi connectivity index (χ1n) is 7.36. The van der Waals surface area contributed by atoms with Gasteiger partial charge in [0.1, 0.15) is 6.54 Å². The molecule has 0 radical (unpaired) electrons. The van der Waals surface area contributed by atoms with E-state index in [1.807, 2.05) is 0 Å². The third kappa shape index (κ3) is 4.14. The van der Waals surface area contributed by atoms with Gasteiger partial charge >= 0.3 is 0 Å². The van der Waals surface area contributed by atoms with Crippen molar-refractivity contribution in [2.24, 2.45) is 0 Å². The summed E-state index contributed by atoms with van der Waals surface area (Å²) in [5.74, 6) is 0.539. The molecule has 0 fully saturated rings. The molecule has 1 heterocycles. The Morgan fingerprint density at radius 2 is 1.88 bits per heavy atom. The quantitative estimate of drug-likeness (QED) is 0.808. The molecule has 0 atom stereocenters. The van der Waals surface area contributed by atoms with E-state index in [0.717, 1.165) is 10.6 Å². The third-order valence-corrected chi connectivity index (χ3v) is 5.19. The predicted molar refractivity (Wildman–Crippen MR) is 99.8 cm³/mol. The van der Waals surface area contributed by atoms with Crippen molar-refractivity contribution < 1.29 is 22.7 Å². The Hall–Kier alpha value is -2.16. The van der Waals surface area contributed by atoms with Crippen LogP contribution in [0, 0.1) is 0 Å². The summed E-state index contributed by atoms with van der Waals surface area (Å²) >= 11 is 11.9. The molecule has 7 nitrogen and oxygen atoms in total. The van der Waals surface area contributed by atoms with Crippen LogP contribution in [0.5, 0.6) is 11.5 Å². The van der Waals surface area contributed by atoms with Crippen molar-refractivity contribution in [3.8, 4) is 11.5 Å². The van der Waals surface area contributed by atoms with E-state index in [1.54, 1.807) is 18.2 Å². The molecule has 1 aliphatic rings. The number of nitrogens with zero attached hydrogens (tertiary/aromatic N) is 1. The first-order chi connectivity index (χ1) is 12.2. The normalized spacial score (nSPS) is 12.7. The lowest BCUT2D eigenvalue weighted by Gasteiger charge is -2.23. The first-order valence-corrected chi connectivity index (χ1v) is 9.97. The number of sulfonamides is 1. The van der Waals surface area contributed by atoms with Crippen molar-refractivity contribution in [1.82, 2.24) is 0 Å². The number of nitrogens with one attached hydrogen (secondary N) is 1.